The Morgan fingerprint density at radius 2 is 2.19 bits per heavy atom. The van der Waals surface area contributed by atoms with Gasteiger partial charge in [0.1, 0.15) is 6.33 Å². The molecular weight excluding hydrogens is 202 g/mol. The van der Waals surface area contributed by atoms with Gasteiger partial charge in [0, 0.05) is 25.5 Å². The highest BCUT2D eigenvalue weighted by Crippen LogP contribution is 2.33. The van der Waals surface area contributed by atoms with Gasteiger partial charge in [-0.05, 0) is 17.8 Å². The maximum Gasteiger partial charge on any atom is 0.329 e. The fourth-order valence-corrected chi connectivity index (χ4v) is 2.18. The first kappa shape index (κ1) is 11.2. The average Bonchev–Trinajstić information content (AvgIpc) is 2.87. The van der Waals surface area contributed by atoms with E-state index in [9.17, 15) is 4.79 Å². The van der Waals surface area contributed by atoms with E-state index in [4.69, 9.17) is 0 Å². The predicted molar refractivity (Wildman–Crippen MR) is 62.2 cm³/mol. The number of hydrogen-bond donors (Lipinski definition) is 0. The van der Waals surface area contributed by atoms with Crippen LogP contribution in [0.3, 0.4) is 0 Å². The van der Waals surface area contributed by atoms with Crippen molar-refractivity contribution < 1.29 is 4.79 Å². The van der Waals surface area contributed by atoms with Crippen molar-refractivity contribution in [3.63, 3.8) is 0 Å². The minimum Gasteiger partial charge on any atom is -0.324 e. The summed E-state index contributed by atoms with van der Waals surface area (Å²) in [5.74, 6) is 0.597. The molecule has 1 aromatic rings. The number of amides is 1. The third kappa shape index (κ3) is 2.10. The molecule has 0 N–H and O–H groups in total. The molecule has 0 aromatic carbocycles. The molecule has 88 valence electrons. The Bertz CT molecular complexity index is 364. The minimum atomic E-state index is 0.0456. The number of rotatable bonds is 0. The maximum atomic E-state index is 12.0. The van der Waals surface area contributed by atoms with Crippen LogP contribution in [0.15, 0.2) is 18.7 Å². The molecule has 1 atom stereocenters. The number of carbonyl (C=O) groups excluding carboxylic acids is 1. The zero-order valence-corrected chi connectivity index (χ0v) is 10.2. The monoisotopic (exact) mass is 221 g/mol. The van der Waals surface area contributed by atoms with Crippen LogP contribution in [0.1, 0.15) is 27.2 Å². The lowest BCUT2D eigenvalue weighted by atomic mass is 9.80. The Hall–Kier alpha value is -1.32. The summed E-state index contributed by atoms with van der Waals surface area (Å²) >= 11 is 0. The van der Waals surface area contributed by atoms with Crippen molar-refractivity contribution in [1.82, 2.24) is 14.5 Å². The summed E-state index contributed by atoms with van der Waals surface area (Å²) in [6.07, 6.45) is 6.00. The van der Waals surface area contributed by atoms with E-state index in [1.54, 1.807) is 23.3 Å². The first-order valence-corrected chi connectivity index (χ1v) is 5.76. The van der Waals surface area contributed by atoms with Crippen molar-refractivity contribution in [2.75, 3.05) is 13.1 Å². The molecule has 16 heavy (non-hydrogen) atoms. The van der Waals surface area contributed by atoms with E-state index in [2.05, 4.69) is 25.8 Å². The van der Waals surface area contributed by atoms with E-state index < -0.39 is 0 Å². The van der Waals surface area contributed by atoms with Gasteiger partial charge in [-0.3, -0.25) is 4.57 Å². The van der Waals surface area contributed by atoms with Crippen LogP contribution in [0.25, 0.3) is 0 Å². The van der Waals surface area contributed by atoms with Crippen LogP contribution in [0, 0.1) is 11.3 Å². The molecule has 1 aliphatic rings. The lowest BCUT2D eigenvalue weighted by molar-refractivity contribution is 0.198. The van der Waals surface area contributed by atoms with E-state index in [0.717, 1.165) is 19.5 Å². The summed E-state index contributed by atoms with van der Waals surface area (Å²) in [6, 6.07) is 0.0456. The Balaban J connectivity index is 2.02. The van der Waals surface area contributed by atoms with Crippen LogP contribution < -0.4 is 0 Å². The summed E-state index contributed by atoms with van der Waals surface area (Å²) < 4.78 is 1.55. The molecule has 1 aromatic heterocycles. The molecule has 1 saturated heterocycles. The van der Waals surface area contributed by atoms with Gasteiger partial charge in [-0.1, -0.05) is 20.8 Å². The third-order valence-electron chi connectivity index (χ3n) is 3.41. The Morgan fingerprint density at radius 1 is 1.44 bits per heavy atom. The molecule has 4 heteroatoms. The number of imidazole rings is 1. The van der Waals surface area contributed by atoms with Crippen LogP contribution in [-0.4, -0.2) is 33.6 Å². The molecule has 0 bridgehead atoms. The van der Waals surface area contributed by atoms with Crippen molar-refractivity contribution in [3.8, 4) is 0 Å². The fraction of sp³-hybridized carbons (Fsp3) is 0.667. The highest BCUT2D eigenvalue weighted by molar-refractivity contribution is 5.76. The van der Waals surface area contributed by atoms with Gasteiger partial charge in [-0.25, -0.2) is 9.78 Å². The van der Waals surface area contributed by atoms with E-state index >= 15 is 0 Å². The summed E-state index contributed by atoms with van der Waals surface area (Å²) in [4.78, 5) is 17.8. The first-order valence-electron chi connectivity index (χ1n) is 5.76. The van der Waals surface area contributed by atoms with Crippen LogP contribution >= 0.6 is 0 Å². The third-order valence-corrected chi connectivity index (χ3v) is 3.41. The largest absolute Gasteiger partial charge is 0.329 e. The zero-order chi connectivity index (χ0) is 11.8. The highest BCUT2D eigenvalue weighted by Gasteiger charge is 2.34. The average molecular weight is 221 g/mol. The van der Waals surface area contributed by atoms with Gasteiger partial charge in [0.15, 0.2) is 0 Å². The van der Waals surface area contributed by atoms with Crippen molar-refractivity contribution in [2.45, 2.75) is 27.2 Å². The highest BCUT2D eigenvalue weighted by atomic mass is 16.2. The van der Waals surface area contributed by atoms with Crippen LogP contribution in [0.5, 0.6) is 0 Å². The molecule has 1 fully saturated rings. The Morgan fingerprint density at radius 3 is 2.69 bits per heavy atom. The van der Waals surface area contributed by atoms with Crippen LogP contribution in [0.4, 0.5) is 4.79 Å². The molecule has 2 rings (SSSR count). The summed E-state index contributed by atoms with van der Waals surface area (Å²) in [6.45, 7) is 8.44. The molecule has 0 aliphatic carbocycles. The molecule has 2 heterocycles. The van der Waals surface area contributed by atoms with Crippen LogP contribution in [0.2, 0.25) is 0 Å². The molecule has 1 amide bonds. The van der Waals surface area contributed by atoms with Crippen LogP contribution in [-0.2, 0) is 0 Å². The maximum absolute atomic E-state index is 12.0. The van der Waals surface area contributed by atoms with Crippen molar-refractivity contribution in [3.05, 3.63) is 18.7 Å². The second-order valence-electron chi connectivity index (χ2n) is 5.55. The second kappa shape index (κ2) is 3.92. The van der Waals surface area contributed by atoms with Gasteiger partial charge in [-0.15, -0.1) is 0 Å². The van der Waals surface area contributed by atoms with E-state index in [1.165, 1.54) is 0 Å². The Labute approximate surface area is 96.3 Å². The smallest absolute Gasteiger partial charge is 0.324 e. The molecular formula is C12H19N3O. The standard InChI is InChI=1S/C12H19N3O/c1-12(2,3)10-4-6-14(8-10)11(16)15-7-5-13-9-15/h5,7,9-10H,4,6,8H2,1-3H3. The van der Waals surface area contributed by atoms with Gasteiger partial charge < -0.3 is 4.90 Å². The predicted octanol–water partition coefficient (Wildman–Crippen LogP) is 2.22. The minimum absolute atomic E-state index is 0.0456. The van der Waals surface area contributed by atoms with Crippen molar-refractivity contribution >= 4 is 6.03 Å². The van der Waals surface area contributed by atoms with Gasteiger partial charge >= 0.3 is 6.03 Å². The number of nitrogens with zero attached hydrogens (tertiary/aromatic N) is 3. The van der Waals surface area contributed by atoms with E-state index in [1.807, 2.05) is 4.90 Å². The fourth-order valence-electron chi connectivity index (χ4n) is 2.18. The summed E-state index contributed by atoms with van der Waals surface area (Å²) in [5, 5.41) is 0. The van der Waals surface area contributed by atoms with E-state index in [-0.39, 0.29) is 11.4 Å². The number of likely N-dealkylation sites (tertiary alicyclic amines) is 1. The van der Waals surface area contributed by atoms with E-state index in [0.29, 0.717) is 5.92 Å². The van der Waals surface area contributed by atoms with Crippen molar-refractivity contribution in [1.29, 1.82) is 0 Å². The molecule has 4 nitrogen and oxygen atoms in total. The molecule has 0 spiro atoms. The second-order valence-corrected chi connectivity index (χ2v) is 5.55. The number of hydrogen-bond acceptors (Lipinski definition) is 2. The normalized spacial score (nSPS) is 21.4. The molecule has 0 saturated carbocycles. The summed E-state index contributed by atoms with van der Waals surface area (Å²) in [7, 11) is 0. The van der Waals surface area contributed by atoms with Gasteiger partial charge in [-0.2, -0.15) is 0 Å². The molecule has 0 radical (unpaired) electrons. The quantitative estimate of drug-likeness (QED) is 0.673. The lowest BCUT2D eigenvalue weighted by Gasteiger charge is -2.26. The van der Waals surface area contributed by atoms with Gasteiger partial charge in [0.05, 0.1) is 0 Å². The molecule has 1 aliphatic heterocycles. The SMILES string of the molecule is CC(C)(C)C1CCN(C(=O)n2ccnc2)C1. The van der Waals surface area contributed by atoms with Gasteiger partial charge in [0.2, 0.25) is 0 Å². The number of aromatic nitrogens is 2. The lowest BCUT2D eigenvalue weighted by Crippen LogP contribution is -2.33. The first-order chi connectivity index (χ1) is 7.48. The topological polar surface area (TPSA) is 38.1 Å². The Kier molecular flexibility index (Phi) is 2.74. The van der Waals surface area contributed by atoms with Gasteiger partial charge in [0.25, 0.3) is 0 Å². The number of carbonyl (C=O) groups is 1. The zero-order valence-electron chi connectivity index (χ0n) is 10.2. The van der Waals surface area contributed by atoms with Crippen molar-refractivity contribution in [2.24, 2.45) is 11.3 Å². The summed E-state index contributed by atoms with van der Waals surface area (Å²) in [5.41, 5.74) is 0.282. The molecule has 1 unspecified atom stereocenters.